The smallest absolute Gasteiger partial charge is 0.306 e. The number of allylic oxidation sites excluding steroid dienone is 8. The van der Waals surface area contributed by atoms with Gasteiger partial charge in [0.15, 0.2) is 6.10 Å². The molecule has 0 aromatic rings. The summed E-state index contributed by atoms with van der Waals surface area (Å²) in [6, 6.07) is 0. The van der Waals surface area contributed by atoms with Crippen LogP contribution in [0.4, 0.5) is 0 Å². The third kappa shape index (κ3) is 62.4. The van der Waals surface area contributed by atoms with Gasteiger partial charge in [-0.15, -0.1) is 0 Å². The maximum atomic E-state index is 12.9. The van der Waals surface area contributed by atoms with Gasteiger partial charge < -0.3 is 14.2 Å². The predicted octanol–water partition coefficient (Wildman–Crippen LogP) is 23.0. The SMILES string of the molecule is CCCCC/C=C\C/C=C\CCCCCCCCCCCCOCC(COC(=O)CCCCCCCCCCC/C=C\CCCCCCCC)OC(=O)CCCCCCCCCCC/C=C\CCCCCCCC. The minimum Gasteiger partial charge on any atom is -0.462 e. The van der Waals surface area contributed by atoms with Crippen LogP contribution in [-0.4, -0.2) is 37.9 Å². The minimum atomic E-state index is -0.540. The van der Waals surface area contributed by atoms with Gasteiger partial charge in [-0.05, 0) is 103 Å². The van der Waals surface area contributed by atoms with E-state index in [1.54, 1.807) is 0 Å². The molecule has 5 heteroatoms. The summed E-state index contributed by atoms with van der Waals surface area (Å²) in [7, 11) is 0. The van der Waals surface area contributed by atoms with Crippen LogP contribution in [0, 0.1) is 0 Å². The lowest BCUT2D eigenvalue weighted by molar-refractivity contribution is -0.163. The number of ether oxygens (including phenoxy) is 3. The summed E-state index contributed by atoms with van der Waals surface area (Å²) in [5, 5.41) is 0. The highest BCUT2D eigenvalue weighted by Crippen LogP contribution is 2.17. The lowest BCUT2D eigenvalue weighted by atomic mass is 10.1. The molecule has 0 rings (SSSR count). The van der Waals surface area contributed by atoms with Gasteiger partial charge in [-0.3, -0.25) is 9.59 Å². The minimum absolute atomic E-state index is 0.0858. The van der Waals surface area contributed by atoms with Crippen LogP contribution in [0.25, 0.3) is 0 Å². The molecule has 0 radical (unpaired) electrons. The summed E-state index contributed by atoms with van der Waals surface area (Å²) < 4.78 is 17.6. The van der Waals surface area contributed by atoms with Crippen molar-refractivity contribution in [2.75, 3.05) is 19.8 Å². The molecule has 0 amide bonds. The second kappa shape index (κ2) is 65.1. The lowest BCUT2D eigenvalue weighted by Crippen LogP contribution is -2.30. The van der Waals surface area contributed by atoms with Crippen molar-refractivity contribution < 1.29 is 23.8 Å². The van der Waals surface area contributed by atoms with Crippen molar-refractivity contribution in [3.8, 4) is 0 Å². The monoisotopic (exact) mass is 1040 g/mol. The van der Waals surface area contributed by atoms with E-state index in [0.29, 0.717) is 19.4 Å². The number of hydrogen-bond donors (Lipinski definition) is 0. The molecule has 0 saturated carbocycles. The first-order valence-corrected chi connectivity index (χ1v) is 33.2. The summed E-state index contributed by atoms with van der Waals surface area (Å²) in [6.07, 6.45) is 82.9. The van der Waals surface area contributed by atoms with Crippen LogP contribution >= 0.6 is 0 Å². The molecule has 0 aliphatic heterocycles. The molecule has 0 fully saturated rings. The van der Waals surface area contributed by atoms with E-state index in [-0.39, 0.29) is 25.2 Å². The van der Waals surface area contributed by atoms with Gasteiger partial charge in [0.25, 0.3) is 0 Å². The molecule has 0 aliphatic rings. The summed E-state index contributed by atoms with van der Waals surface area (Å²) in [5.41, 5.74) is 0. The Balaban J connectivity index is 4.26. The van der Waals surface area contributed by atoms with Crippen molar-refractivity contribution in [3.05, 3.63) is 48.6 Å². The summed E-state index contributed by atoms with van der Waals surface area (Å²) in [4.78, 5) is 25.7. The number of rotatable bonds is 62. The highest BCUT2D eigenvalue weighted by molar-refractivity contribution is 5.70. The molecule has 5 nitrogen and oxygen atoms in total. The van der Waals surface area contributed by atoms with Gasteiger partial charge >= 0.3 is 11.9 Å². The van der Waals surface area contributed by atoms with Gasteiger partial charge in [0.2, 0.25) is 0 Å². The van der Waals surface area contributed by atoms with Gasteiger partial charge in [-0.25, -0.2) is 0 Å². The first-order chi connectivity index (χ1) is 36.6. The highest BCUT2D eigenvalue weighted by Gasteiger charge is 2.18. The first-order valence-electron chi connectivity index (χ1n) is 33.2. The standard InChI is InChI=1S/C69H128O5/c1-4-7-10-13-16-19-22-25-28-31-34-37-40-43-46-49-52-55-58-61-64-72-65-67(74-69(71)63-60-57-54-51-48-45-42-39-36-33-30-27-24-21-18-15-12-9-6-3)66-73-68(70)62-59-56-53-50-47-44-41-38-35-32-29-26-23-20-17-14-11-8-5-2/h16,19,25-30,67H,4-15,17-18,20-24,31-66H2,1-3H3/b19-16-,28-25-,29-26-,30-27-. The first kappa shape index (κ1) is 71.9. The zero-order valence-electron chi connectivity index (χ0n) is 50.1. The Morgan fingerprint density at radius 1 is 0.297 bits per heavy atom. The molecule has 0 N–H and O–H groups in total. The Kier molecular flexibility index (Phi) is 63.3. The molecule has 0 aromatic carbocycles. The van der Waals surface area contributed by atoms with E-state index in [0.717, 1.165) is 44.9 Å². The third-order valence-electron chi connectivity index (χ3n) is 14.8. The van der Waals surface area contributed by atoms with Crippen molar-refractivity contribution in [2.45, 2.75) is 361 Å². The lowest BCUT2D eigenvalue weighted by Gasteiger charge is -2.18. The normalized spacial score (nSPS) is 12.4. The van der Waals surface area contributed by atoms with Crippen molar-refractivity contribution in [3.63, 3.8) is 0 Å². The predicted molar refractivity (Wildman–Crippen MR) is 325 cm³/mol. The zero-order chi connectivity index (χ0) is 53.4. The second-order valence-corrected chi connectivity index (χ2v) is 22.4. The van der Waals surface area contributed by atoms with E-state index in [4.69, 9.17) is 14.2 Å². The van der Waals surface area contributed by atoms with E-state index in [9.17, 15) is 9.59 Å². The molecule has 0 spiro atoms. The average Bonchev–Trinajstić information content (AvgIpc) is 3.40. The van der Waals surface area contributed by atoms with Crippen molar-refractivity contribution in [1.29, 1.82) is 0 Å². The molecule has 434 valence electrons. The molecule has 0 heterocycles. The molecule has 0 bridgehead atoms. The number of esters is 2. The van der Waals surface area contributed by atoms with Crippen LogP contribution in [0.3, 0.4) is 0 Å². The van der Waals surface area contributed by atoms with Crippen LogP contribution in [0.1, 0.15) is 355 Å². The quantitative estimate of drug-likeness (QED) is 0.0345. The van der Waals surface area contributed by atoms with Crippen molar-refractivity contribution in [2.24, 2.45) is 0 Å². The number of carbonyl (C=O) groups excluding carboxylic acids is 2. The molecule has 1 unspecified atom stereocenters. The topological polar surface area (TPSA) is 61.8 Å². The molecule has 0 saturated heterocycles. The number of carbonyl (C=O) groups is 2. The van der Waals surface area contributed by atoms with Crippen LogP contribution in [0.5, 0.6) is 0 Å². The molecular formula is C69H128O5. The van der Waals surface area contributed by atoms with Crippen LogP contribution in [0.15, 0.2) is 48.6 Å². The molecular weight excluding hydrogens is 909 g/mol. The second-order valence-electron chi connectivity index (χ2n) is 22.4. The molecule has 74 heavy (non-hydrogen) atoms. The highest BCUT2D eigenvalue weighted by atomic mass is 16.6. The largest absolute Gasteiger partial charge is 0.462 e. The van der Waals surface area contributed by atoms with Gasteiger partial charge in [-0.1, -0.05) is 288 Å². The Labute approximate surface area is 462 Å². The average molecular weight is 1040 g/mol. The van der Waals surface area contributed by atoms with Gasteiger partial charge in [-0.2, -0.15) is 0 Å². The van der Waals surface area contributed by atoms with Gasteiger partial charge in [0.05, 0.1) is 6.61 Å². The zero-order valence-corrected chi connectivity index (χ0v) is 50.1. The van der Waals surface area contributed by atoms with Crippen LogP contribution in [-0.2, 0) is 23.8 Å². The van der Waals surface area contributed by atoms with Gasteiger partial charge in [0.1, 0.15) is 6.61 Å². The molecule has 1 atom stereocenters. The number of hydrogen-bond acceptors (Lipinski definition) is 5. The Morgan fingerprint density at radius 3 is 0.932 bits per heavy atom. The summed E-state index contributed by atoms with van der Waals surface area (Å²) >= 11 is 0. The summed E-state index contributed by atoms with van der Waals surface area (Å²) in [6.45, 7) is 7.85. The van der Waals surface area contributed by atoms with E-state index < -0.39 is 6.10 Å². The fourth-order valence-corrected chi connectivity index (χ4v) is 9.83. The van der Waals surface area contributed by atoms with Crippen LogP contribution in [0.2, 0.25) is 0 Å². The Morgan fingerprint density at radius 2 is 0.568 bits per heavy atom. The van der Waals surface area contributed by atoms with Crippen molar-refractivity contribution >= 4 is 11.9 Å². The van der Waals surface area contributed by atoms with Crippen LogP contribution < -0.4 is 0 Å². The Hall–Kier alpha value is -2.14. The third-order valence-corrected chi connectivity index (χ3v) is 14.8. The van der Waals surface area contributed by atoms with E-state index in [2.05, 4.69) is 69.4 Å². The summed E-state index contributed by atoms with van der Waals surface area (Å²) in [5.74, 6) is -0.383. The van der Waals surface area contributed by atoms with E-state index in [1.165, 1.54) is 276 Å². The molecule has 0 aliphatic carbocycles. The Bertz CT molecular complexity index is 1220. The van der Waals surface area contributed by atoms with Crippen molar-refractivity contribution in [1.82, 2.24) is 0 Å². The number of unbranched alkanes of at least 4 members (excludes halogenated alkanes) is 43. The molecule has 0 aromatic heterocycles. The maximum absolute atomic E-state index is 12.9. The van der Waals surface area contributed by atoms with E-state index >= 15 is 0 Å². The maximum Gasteiger partial charge on any atom is 0.306 e. The van der Waals surface area contributed by atoms with Gasteiger partial charge in [0, 0.05) is 19.4 Å². The fraction of sp³-hybridized carbons (Fsp3) is 0.855. The van der Waals surface area contributed by atoms with E-state index in [1.807, 2.05) is 0 Å². The fourth-order valence-electron chi connectivity index (χ4n) is 9.83.